The molecular weight excluding hydrogens is 204 g/mol. The van der Waals surface area contributed by atoms with Gasteiger partial charge in [-0.2, -0.15) is 0 Å². The van der Waals surface area contributed by atoms with Gasteiger partial charge in [0.2, 0.25) is 0 Å². The minimum atomic E-state index is 0.832. The van der Waals surface area contributed by atoms with Crippen molar-refractivity contribution in [3.63, 3.8) is 0 Å². The first-order chi connectivity index (χ1) is 8.28. The van der Waals surface area contributed by atoms with Crippen molar-refractivity contribution in [3.8, 4) is 0 Å². The average molecular weight is 233 g/mol. The number of unbranched alkanes of at least 4 members (excludes halogenated alkanes) is 2. The van der Waals surface area contributed by atoms with Crippen LogP contribution in [-0.4, -0.2) is 0 Å². The predicted octanol–water partition coefficient (Wildman–Crippen LogP) is 5.09. The van der Waals surface area contributed by atoms with E-state index in [0.29, 0.717) is 0 Å². The molecule has 6 atom stereocenters. The highest BCUT2D eigenvalue weighted by Gasteiger charge is 2.47. The standard InChI is InChI=1S/C17H29/c1-3-4-5-6-13-8-15(13)10-17-11-16(17)9-14-7-12(14)2/h12-17H,2-11H2,1H3. The second-order valence-electron chi connectivity index (χ2n) is 7.23. The summed E-state index contributed by atoms with van der Waals surface area (Å²) in [5, 5.41) is 0. The molecule has 0 N–H and O–H groups in total. The van der Waals surface area contributed by atoms with Gasteiger partial charge in [-0.1, -0.05) is 32.6 Å². The summed E-state index contributed by atoms with van der Waals surface area (Å²) >= 11 is 0. The lowest BCUT2D eigenvalue weighted by Gasteiger charge is -2.00. The van der Waals surface area contributed by atoms with Gasteiger partial charge in [0.1, 0.15) is 0 Å². The molecule has 0 aromatic heterocycles. The Morgan fingerprint density at radius 3 is 2.06 bits per heavy atom. The highest BCUT2D eigenvalue weighted by atomic mass is 14.5. The van der Waals surface area contributed by atoms with Crippen molar-refractivity contribution in [2.24, 2.45) is 35.5 Å². The van der Waals surface area contributed by atoms with E-state index < -0.39 is 0 Å². The van der Waals surface area contributed by atoms with Gasteiger partial charge in [0.25, 0.3) is 0 Å². The van der Waals surface area contributed by atoms with Crippen LogP contribution in [0.25, 0.3) is 0 Å². The summed E-state index contributed by atoms with van der Waals surface area (Å²) in [6, 6.07) is 0. The molecule has 3 aliphatic rings. The third kappa shape index (κ3) is 3.26. The molecule has 0 aromatic carbocycles. The fourth-order valence-electron chi connectivity index (χ4n) is 3.87. The lowest BCUT2D eigenvalue weighted by atomic mass is 10.1. The zero-order valence-electron chi connectivity index (χ0n) is 11.5. The van der Waals surface area contributed by atoms with Gasteiger partial charge >= 0.3 is 0 Å². The third-order valence-corrected chi connectivity index (χ3v) is 5.60. The summed E-state index contributed by atoms with van der Waals surface area (Å²) < 4.78 is 0. The molecular formula is C17H29. The van der Waals surface area contributed by atoms with Crippen molar-refractivity contribution < 1.29 is 0 Å². The number of rotatable bonds is 8. The summed E-state index contributed by atoms with van der Waals surface area (Å²) in [7, 11) is 0. The minimum absolute atomic E-state index is 0.832. The fraction of sp³-hybridized carbons (Fsp3) is 0.941. The van der Waals surface area contributed by atoms with E-state index in [1.54, 1.807) is 25.7 Å². The van der Waals surface area contributed by atoms with Gasteiger partial charge in [-0.15, -0.1) is 0 Å². The lowest BCUT2D eigenvalue weighted by Crippen LogP contribution is -1.90. The van der Waals surface area contributed by atoms with Crippen LogP contribution in [0.5, 0.6) is 0 Å². The molecule has 6 unspecified atom stereocenters. The summed E-state index contributed by atoms with van der Waals surface area (Å²) in [6.07, 6.45) is 13.6. The van der Waals surface area contributed by atoms with E-state index in [4.69, 9.17) is 0 Å². The van der Waals surface area contributed by atoms with E-state index in [9.17, 15) is 0 Å². The van der Waals surface area contributed by atoms with Gasteiger partial charge in [0, 0.05) is 0 Å². The van der Waals surface area contributed by atoms with E-state index in [1.165, 1.54) is 32.1 Å². The molecule has 3 aliphatic carbocycles. The predicted molar refractivity (Wildman–Crippen MR) is 73.5 cm³/mol. The molecule has 0 saturated heterocycles. The first kappa shape index (κ1) is 12.1. The second-order valence-corrected chi connectivity index (χ2v) is 7.23. The van der Waals surface area contributed by atoms with Crippen LogP contribution in [0.1, 0.15) is 64.7 Å². The molecule has 0 heteroatoms. The van der Waals surface area contributed by atoms with Crippen LogP contribution in [0.2, 0.25) is 0 Å². The van der Waals surface area contributed by atoms with Crippen molar-refractivity contribution in [3.05, 3.63) is 6.92 Å². The summed E-state index contributed by atoms with van der Waals surface area (Å²) in [5.74, 6) is 6.43. The Kier molecular flexibility index (Phi) is 3.50. The zero-order valence-corrected chi connectivity index (χ0v) is 11.5. The highest BCUT2D eigenvalue weighted by molar-refractivity contribution is 4.99. The zero-order chi connectivity index (χ0) is 11.8. The maximum absolute atomic E-state index is 4.16. The van der Waals surface area contributed by atoms with Crippen LogP contribution in [0.4, 0.5) is 0 Å². The average Bonchev–Trinajstić information content (AvgIpc) is 3.19. The minimum Gasteiger partial charge on any atom is -0.0654 e. The first-order valence-electron chi connectivity index (χ1n) is 8.11. The van der Waals surface area contributed by atoms with Crippen LogP contribution < -0.4 is 0 Å². The maximum atomic E-state index is 4.16. The monoisotopic (exact) mass is 233 g/mol. The molecule has 0 amide bonds. The first-order valence-corrected chi connectivity index (χ1v) is 8.11. The normalized spacial score (nSPS) is 46.9. The Morgan fingerprint density at radius 1 is 0.824 bits per heavy atom. The van der Waals surface area contributed by atoms with Gasteiger partial charge in [-0.05, 0) is 74.5 Å². The molecule has 0 aromatic rings. The van der Waals surface area contributed by atoms with Crippen molar-refractivity contribution in [1.29, 1.82) is 0 Å². The lowest BCUT2D eigenvalue weighted by molar-refractivity contribution is 0.504. The molecule has 0 nitrogen and oxygen atoms in total. The van der Waals surface area contributed by atoms with E-state index >= 15 is 0 Å². The van der Waals surface area contributed by atoms with Gasteiger partial charge in [0.05, 0.1) is 0 Å². The molecule has 0 aliphatic heterocycles. The summed E-state index contributed by atoms with van der Waals surface area (Å²) in [4.78, 5) is 0. The summed E-state index contributed by atoms with van der Waals surface area (Å²) in [5.41, 5.74) is 0. The van der Waals surface area contributed by atoms with Crippen LogP contribution in [0.3, 0.4) is 0 Å². The Balaban J connectivity index is 1.24. The van der Waals surface area contributed by atoms with Gasteiger partial charge in [-0.25, -0.2) is 0 Å². The molecule has 3 rings (SSSR count). The Bertz CT molecular complexity index is 257. The van der Waals surface area contributed by atoms with Crippen LogP contribution >= 0.6 is 0 Å². The number of hydrogen-bond acceptors (Lipinski definition) is 0. The Morgan fingerprint density at radius 2 is 1.41 bits per heavy atom. The van der Waals surface area contributed by atoms with Crippen LogP contribution in [-0.2, 0) is 0 Å². The fourth-order valence-corrected chi connectivity index (χ4v) is 3.87. The molecule has 17 heavy (non-hydrogen) atoms. The van der Waals surface area contributed by atoms with Crippen molar-refractivity contribution >= 4 is 0 Å². The maximum Gasteiger partial charge on any atom is -0.0380 e. The topological polar surface area (TPSA) is 0 Å². The Labute approximate surface area is 108 Å². The van der Waals surface area contributed by atoms with Gasteiger partial charge in [0.15, 0.2) is 0 Å². The molecule has 0 heterocycles. The highest BCUT2D eigenvalue weighted by Crippen LogP contribution is 2.57. The second kappa shape index (κ2) is 4.94. The van der Waals surface area contributed by atoms with E-state index in [1.807, 2.05) is 0 Å². The van der Waals surface area contributed by atoms with Gasteiger partial charge < -0.3 is 0 Å². The number of hydrogen-bond donors (Lipinski definition) is 0. The molecule has 3 saturated carbocycles. The van der Waals surface area contributed by atoms with Crippen molar-refractivity contribution in [1.82, 2.24) is 0 Å². The van der Waals surface area contributed by atoms with Crippen LogP contribution in [0, 0.1) is 42.4 Å². The molecule has 0 spiro atoms. The molecule has 3 fully saturated rings. The third-order valence-electron chi connectivity index (χ3n) is 5.60. The van der Waals surface area contributed by atoms with E-state index in [0.717, 1.165) is 35.5 Å². The van der Waals surface area contributed by atoms with Crippen molar-refractivity contribution in [2.75, 3.05) is 0 Å². The van der Waals surface area contributed by atoms with Gasteiger partial charge in [-0.3, -0.25) is 0 Å². The van der Waals surface area contributed by atoms with E-state index in [-0.39, 0.29) is 0 Å². The summed E-state index contributed by atoms with van der Waals surface area (Å²) in [6.45, 7) is 6.48. The molecule has 97 valence electrons. The largest absolute Gasteiger partial charge is 0.0654 e. The SMILES string of the molecule is [CH2]C1CC1CC1CC1CC1CC1CCCCC. The van der Waals surface area contributed by atoms with Crippen molar-refractivity contribution in [2.45, 2.75) is 64.7 Å². The Hall–Kier alpha value is 0. The molecule has 0 bridgehead atoms. The quantitative estimate of drug-likeness (QED) is 0.512. The van der Waals surface area contributed by atoms with E-state index in [2.05, 4.69) is 13.8 Å². The smallest absolute Gasteiger partial charge is 0.0380 e. The molecule has 1 radical (unpaired) electrons. The van der Waals surface area contributed by atoms with Crippen LogP contribution in [0.15, 0.2) is 0 Å².